The van der Waals surface area contributed by atoms with E-state index in [9.17, 15) is 19.6 Å². The van der Waals surface area contributed by atoms with Gasteiger partial charge in [-0.15, -0.1) is 0 Å². The summed E-state index contributed by atoms with van der Waals surface area (Å²) in [5.41, 5.74) is 2.89. The second-order valence-electron chi connectivity index (χ2n) is 8.07. The van der Waals surface area contributed by atoms with Crippen molar-refractivity contribution in [1.82, 2.24) is 14.8 Å². The van der Waals surface area contributed by atoms with Crippen molar-refractivity contribution in [1.29, 1.82) is 5.26 Å². The summed E-state index contributed by atoms with van der Waals surface area (Å²) < 4.78 is 1.35. The Kier molecular flexibility index (Phi) is 5.19. The standard InChI is InChI=1S/C26H18N6O3/c1-15-6-7-16(2)21(11-15)31-25(34)19-9-8-17(12-20(19)26(31)35)24(33)30-23-18(13-27)14-29-32(23)22-5-3-4-10-28-22/h3-12,14H,1-2H3,(H,30,33). The number of imide groups is 1. The third-order valence-electron chi connectivity index (χ3n) is 5.74. The molecule has 0 spiro atoms. The number of anilines is 2. The Bertz CT molecular complexity index is 1570. The zero-order valence-electron chi connectivity index (χ0n) is 18.8. The van der Waals surface area contributed by atoms with Crippen molar-refractivity contribution in [3.63, 3.8) is 0 Å². The molecule has 0 bridgehead atoms. The first-order chi connectivity index (χ1) is 16.9. The minimum Gasteiger partial charge on any atom is -0.305 e. The molecule has 0 saturated carbocycles. The van der Waals surface area contributed by atoms with Gasteiger partial charge in [-0.2, -0.15) is 15.0 Å². The van der Waals surface area contributed by atoms with Gasteiger partial charge in [-0.1, -0.05) is 18.2 Å². The summed E-state index contributed by atoms with van der Waals surface area (Å²) in [6.45, 7) is 3.71. The van der Waals surface area contributed by atoms with Crippen LogP contribution in [0.5, 0.6) is 0 Å². The van der Waals surface area contributed by atoms with Crippen LogP contribution < -0.4 is 10.2 Å². The molecule has 2 aromatic carbocycles. The molecule has 9 heteroatoms. The Morgan fingerprint density at radius 3 is 2.54 bits per heavy atom. The van der Waals surface area contributed by atoms with Crippen molar-refractivity contribution in [2.45, 2.75) is 13.8 Å². The van der Waals surface area contributed by atoms with Crippen molar-refractivity contribution in [2.24, 2.45) is 0 Å². The summed E-state index contributed by atoms with van der Waals surface area (Å²) in [5.74, 6) is -0.929. The van der Waals surface area contributed by atoms with Gasteiger partial charge in [-0.05, 0) is 61.4 Å². The van der Waals surface area contributed by atoms with Crippen LogP contribution in [-0.2, 0) is 0 Å². The molecule has 3 amide bonds. The fourth-order valence-electron chi connectivity index (χ4n) is 3.94. The van der Waals surface area contributed by atoms with Crippen molar-refractivity contribution in [2.75, 3.05) is 10.2 Å². The smallest absolute Gasteiger partial charge is 0.266 e. The number of aryl methyl sites for hydroxylation is 2. The highest BCUT2D eigenvalue weighted by molar-refractivity contribution is 6.35. The molecule has 0 radical (unpaired) electrons. The second kappa shape index (κ2) is 8.35. The van der Waals surface area contributed by atoms with Gasteiger partial charge >= 0.3 is 0 Å². The first kappa shape index (κ1) is 21.7. The van der Waals surface area contributed by atoms with Gasteiger partial charge in [0.15, 0.2) is 11.6 Å². The van der Waals surface area contributed by atoms with Gasteiger partial charge in [0.25, 0.3) is 17.7 Å². The number of aromatic nitrogens is 3. The average Bonchev–Trinajstić information content (AvgIpc) is 3.38. The molecule has 4 aromatic rings. The maximum absolute atomic E-state index is 13.2. The molecule has 1 aliphatic heterocycles. The number of nitriles is 1. The minimum absolute atomic E-state index is 0.141. The molecule has 9 nitrogen and oxygen atoms in total. The van der Waals surface area contributed by atoms with E-state index in [2.05, 4.69) is 15.4 Å². The minimum atomic E-state index is -0.563. The molecule has 0 unspecified atom stereocenters. The van der Waals surface area contributed by atoms with Crippen LogP contribution in [0.1, 0.15) is 47.8 Å². The highest BCUT2D eigenvalue weighted by Crippen LogP contribution is 2.32. The Balaban J connectivity index is 1.48. The number of rotatable bonds is 4. The summed E-state index contributed by atoms with van der Waals surface area (Å²) in [5, 5.41) is 16.3. The first-order valence-electron chi connectivity index (χ1n) is 10.7. The van der Waals surface area contributed by atoms with Gasteiger partial charge < -0.3 is 5.32 Å². The third kappa shape index (κ3) is 3.63. The monoisotopic (exact) mass is 462 g/mol. The van der Waals surface area contributed by atoms with Crippen LogP contribution in [0.25, 0.3) is 5.82 Å². The average molecular weight is 462 g/mol. The lowest BCUT2D eigenvalue weighted by molar-refractivity contribution is 0.0925. The molecule has 5 rings (SSSR count). The van der Waals surface area contributed by atoms with Crippen molar-refractivity contribution >= 4 is 29.2 Å². The lowest BCUT2D eigenvalue weighted by Crippen LogP contribution is -2.30. The Labute approximate surface area is 200 Å². The molecule has 0 saturated heterocycles. The fourth-order valence-corrected chi connectivity index (χ4v) is 3.94. The first-order valence-corrected chi connectivity index (χ1v) is 10.7. The molecule has 1 N–H and O–H groups in total. The topological polar surface area (TPSA) is 121 Å². The number of hydrogen-bond donors (Lipinski definition) is 1. The zero-order chi connectivity index (χ0) is 24.7. The Morgan fingerprint density at radius 2 is 1.80 bits per heavy atom. The van der Waals surface area contributed by atoms with E-state index in [0.29, 0.717) is 11.5 Å². The highest BCUT2D eigenvalue weighted by Gasteiger charge is 2.38. The summed E-state index contributed by atoms with van der Waals surface area (Å²) >= 11 is 0. The quantitative estimate of drug-likeness (QED) is 0.461. The van der Waals surface area contributed by atoms with Crippen molar-refractivity contribution in [3.05, 3.63) is 100 Å². The largest absolute Gasteiger partial charge is 0.305 e. The Hall–Kier alpha value is -5.10. The molecule has 1 aliphatic rings. The van der Waals surface area contributed by atoms with E-state index < -0.39 is 17.7 Å². The lowest BCUT2D eigenvalue weighted by atomic mass is 10.1. The number of pyridine rings is 1. The van der Waals surface area contributed by atoms with E-state index in [1.165, 1.54) is 29.1 Å². The van der Waals surface area contributed by atoms with Crippen LogP contribution in [0, 0.1) is 25.2 Å². The predicted molar refractivity (Wildman–Crippen MR) is 128 cm³/mol. The van der Waals surface area contributed by atoms with Crippen molar-refractivity contribution < 1.29 is 14.4 Å². The molecule has 35 heavy (non-hydrogen) atoms. The Morgan fingerprint density at radius 1 is 1.00 bits per heavy atom. The van der Waals surface area contributed by atoms with Gasteiger partial charge in [0.05, 0.1) is 23.0 Å². The van der Waals surface area contributed by atoms with Gasteiger partial charge in [0.1, 0.15) is 11.6 Å². The van der Waals surface area contributed by atoms with Gasteiger partial charge in [-0.25, -0.2) is 9.88 Å². The number of nitrogens with one attached hydrogen (secondary N) is 1. The van der Waals surface area contributed by atoms with E-state index in [1.54, 1.807) is 30.5 Å². The van der Waals surface area contributed by atoms with Crippen LogP contribution in [0.3, 0.4) is 0 Å². The summed E-state index contributed by atoms with van der Waals surface area (Å²) in [6.07, 6.45) is 2.90. The maximum atomic E-state index is 13.2. The number of carbonyl (C=O) groups excluding carboxylic acids is 3. The van der Waals surface area contributed by atoms with Gasteiger partial charge in [0, 0.05) is 11.8 Å². The molecule has 3 heterocycles. The van der Waals surface area contributed by atoms with Gasteiger partial charge in [-0.3, -0.25) is 14.4 Å². The summed E-state index contributed by atoms with van der Waals surface area (Å²) in [4.78, 5) is 44.7. The number of nitrogens with zero attached hydrogens (tertiary/aromatic N) is 5. The van der Waals surface area contributed by atoms with Gasteiger partial charge in [0.2, 0.25) is 0 Å². The number of fused-ring (bicyclic) bond motifs is 1. The van der Waals surface area contributed by atoms with E-state index >= 15 is 0 Å². The van der Waals surface area contributed by atoms with E-state index in [0.717, 1.165) is 16.0 Å². The molecule has 0 fully saturated rings. The summed E-state index contributed by atoms with van der Waals surface area (Å²) in [6, 6.07) is 17.1. The number of carbonyl (C=O) groups is 3. The summed E-state index contributed by atoms with van der Waals surface area (Å²) in [7, 11) is 0. The van der Waals surface area contributed by atoms with Crippen LogP contribution >= 0.6 is 0 Å². The highest BCUT2D eigenvalue weighted by atomic mass is 16.2. The van der Waals surface area contributed by atoms with Crippen LogP contribution in [0.15, 0.2) is 67.0 Å². The SMILES string of the molecule is Cc1ccc(C)c(N2C(=O)c3ccc(C(=O)Nc4c(C#N)cnn4-c4ccccn4)cc3C2=O)c1. The number of hydrogen-bond acceptors (Lipinski definition) is 6. The lowest BCUT2D eigenvalue weighted by Gasteiger charge is -2.17. The second-order valence-corrected chi connectivity index (χ2v) is 8.07. The van der Waals surface area contributed by atoms with Crippen molar-refractivity contribution in [3.8, 4) is 11.9 Å². The van der Waals surface area contributed by atoms with Crippen LogP contribution in [0.4, 0.5) is 11.5 Å². The zero-order valence-corrected chi connectivity index (χ0v) is 18.8. The van der Waals surface area contributed by atoms with E-state index in [1.807, 2.05) is 32.0 Å². The fraction of sp³-hybridized carbons (Fsp3) is 0.0769. The molecular formula is C26H18N6O3. The molecule has 170 valence electrons. The molecule has 0 aliphatic carbocycles. The van der Waals surface area contributed by atoms with Crippen LogP contribution in [-0.4, -0.2) is 32.5 Å². The maximum Gasteiger partial charge on any atom is 0.266 e. The number of benzene rings is 2. The third-order valence-corrected chi connectivity index (χ3v) is 5.74. The molecule has 2 aromatic heterocycles. The van der Waals surface area contributed by atoms with Crippen LogP contribution in [0.2, 0.25) is 0 Å². The van der Waals surface area contributed by atoms with E-state index in [4.69, 9.17) is 0 Å². The molecular weight excluding hydrogens is 444 g/mol. The molecule has 0 atom stereocenters. The normalized spacial score (nSPS) is 12.4. The van der Waals surface area contributed by atoms with E-state index in [-0.39, 0.29) is 28.1 Å². The predicted octanol–water partition coefficient (Wildman–Crippen LogP) is 3.81. The number of amides is 3.